The number of nitrogens with one attached hydrogen (secondary N) is 2. The van der Waals surface area contributed by atoms with Gasteiger partial charge in [0.1, 0.15) is 16.8 Å². The van der Waals surface area contributed by atoms with Crippen LogP contribution >= 0.6 is 0 Å². The van der Waals surface area contributed by atoms with Gasteiger partial charge < -0.3 is 25.8 Å². The molecular formula is C26H37N7O2. The summed E-state index contributed by atoms with van der Waals surface area (Å²) in [7, 11) is 1.72. The first-order valence-electron chi connectivity index (χ1n) is 12.9. The minimum atomic E-state index is 0.266. The highest BCUT2D eigenvalue weighted by Crippen LogP contribution is 2.28. The number of hydrogen-bond donors (Lipinski definition) is 3. The summed E-state index contributed by atoms with van der Waals surface area (Å²) in [6, 6.07) is 6.91. The third kappa shape index (κ3) is 5.85. The molecule has 0 unspecified atom stereocenters. The van der Waals surface area contributed by atoms with Crippen LogP contribution in [0.4, 0.5) is 11.8 Å². The normalized spacial score (nSPS) is 17.6. The Balaban J connectivity index is 1.32. The van der Waals surface area contributed by atoms with Gasteiger partial charge in [0.05, 0.1) is 19.9 Å². The van der Waals surface area contributed by atoms with E-state index in [1.54, 1.807) is 13.3 Å². The van der Waals surface area contributed by atoms with Crippen LogP contribution in [0.3, 0.4) is 0 Å². The van der Waals surface area contributed by atoms with Crippen molar-refractivity contribution in [1.29, 1.82) is 0 Å². The highest BCUT2D eigenvalue weighted by molar-refractivity contribution is 5.86. The third-order valence-electron chi connectivity index (χ3n) is 7.28. The summed E-state index contributed by atoms with van der Waals surface area (Å²) in [6.45, 7) is 3.95. The lowest BCUT2D eigenvalue weighted by Gasteiger charge is -2.23. The molecule has 0 bridgehead atoms. The van der Waals surface area contributed by atoms with E-state index in [1.165, 1.54) is 37.7 Å². The summed E-state index contributed by atoms with van der Waals surface area (Å²) in [5.41, 5.74) is 9.89. The second-order valence-electron chi connectivity index (χ2n) is 9.77. The Morgan fingerprint density at radius 2 is 1.94 bits per heavy atom. The summed E-state index contributed by atoms with van der Waals surface area (Å²) in [6.07, 6.45) is 10.4. The van der Waals surface area contributed by atoms with E-state index < -0.39 is 0 Å². The molecule has 35 heavy (non-hydrogen) atoms. The predicted molar refractivity (Wildman–Crippen MR) is 138 cm³/mol. The van der Waals surface area contributed by atoms with Crippen LogP contribution < -0.4 is 21.1 Å². The van der Waals surface area contributed by atoms with Crippen molar-refractivity contribution in [3.8, 4) is 5.75 Å². The van der Waals surface area contributed by atoms with Crippen molar-refractivity contribution in [2.75, 3.05) is 37.9 Å². The van der Waals surface area contributed by atoms with Gasteiger partial charge in [-0.25, -0.2) is 4.98 Å². The predicted octanol–water partition coefficient (Wildman–Crippen LogP) is 3.73. The van der Waals surface area contributed by atoms with Gasteiger partial charge in [-0.15, -0.1) is 0 Å². The molecular weight excluding hydrogens is 442 g/mol. The number of nitrogen functional groups attached to an aromatic ring is 1. The minimum absolute atomic E-state index is 0.266. The van der Waals surface area contributed by atoms with Crippen molar-refractivity contribution in [3.63, 3.8) is 0 Å². The Morgan fingerprint density at radius 3 is 2.74 bits per heavy atom. The Hall–Kier alpha value is -2.91. The van der Waals surface area contributed by atoms with Gasteiger partial charge in [-0.3, -0.25) is 4.68 Å². The van der Waals surface area contributed by atoms with Gasteiger partial charge in [0.25, 0.3) is 0 Å². The average Bonchev–Trinajstić information content (AvgIpc) is 3.30. The molecule has 5 rings (SSSR count). The highest BCUT2D eigenvalue weighted by atomic mass is 16.5. The molecule has 1 aliphatic heterocycles. The smallest absolute Gasteiger partial charge is 0.222 e. The van der Waals surface area contributed by atoms with E-state index in [0.717, 1.165) is 67.3 Å². The molecule has 1 aliphatic carbocycles. The monoisotopic (exact) mass is 479 g/mol. The van der Waals surface area contributed by atoms with Gasteiger partial charge in [0.15, 0.2) is 5.82 Å². The second kappa shape index (κ2) is 11.2. The van der Waals surface area contributed by atoms with Crippen LogP contribution in [0.1, 0.15) is 56.1 Å². The quantitative estimate of drug-likeness (QED) is 0.426. The number of nitrogens with two attached hydrogens (primary N) is 1. The number of ether oxygens (including phenoxy) is 2. The summed E-state index contributed by atoms with van der Waals surface area (Å²) < 4.78 is 13.2. The number of fused-ring (bicyclic) bond motifs is 1. The summed E-state index contributed by atoms with van der Waals surface area (Å²) in [5, 5.41) is 11.8. The van der Waals surface area contributed by atoms with Crippen molar-refractivity contribution in [2.45, 2.75) is 64.1 Å². The van der Waals surface area contributed by atoms with Crippen LogP contribution in [0.5, 0.6) is 5.75 Å². The van der Waals surface area contributed by atoms with Crippen molar-refractivity contribution in [3.05, 3.63) is 35.5 Å². The Labute approximate surface area is 206 Å². The largest absolute Gasteiger partial charge is 0.496 e. The van der Waals surface area contributed by atoms with Crippen LogP contribution in [0.25, 0.3) is 11.0 Å². The van der Waals surface area contributed by atoms with Gasteiger partial charge >= 0.3 is 0 Å². The van der Waals surface area contributed by atoms with Crippen molar-refractivity contribution in [2.24, 2.45) is 5.92 Å². The number of benzene rings is 1. The lowest BCUT2D eigenvalue weighted by atomic mass is 9.89. The summed E-state index contributed by atoms with van der Waals surface area (Å²) in [4.78, 5) is 8.95. The van der Waals surface area contributed by atoms with Gasteiger partial charge in [-0.1, -0.05) is 31.4 Å². The topological polar surface area (TPSA) is 112 Å². The number of rotatable bonds is 9. The van der Waals surface area contributed by atoms with Crippen molar-refractivity contribution in [1.82, 2.24) is 25.1 Å². The molecule has 0 amide bonds. The molecule has 9 heteroatoms. The minimum Gasteiger partial charge on any atom is -0.496 e. The van der Waals surface area contributed by atoms with Gasteiger partial charge in [-0.05, 0) is 43.2 Å². The first-order valence-corrected chi connectivity index (χ1v) is 12.9. The molecule has 0 spiro atoms. The summed E-state index contributed by atoms with van der Waals surface area (Å²) >= 11 is 0. The Morgan fingerprint density at radius 1 is 1.11 bits per heavy atom. The molecule has 0 radical (unpaired) electrons. The molecule has 0 atom stereocenters. The van der Waals surface area contributed by atoms with Crippen LogP contribution in [0.2, 0.25) is 0 Å². The van der Waals surface area contributed by atoms with E-state index >= 15 is 0 Å². The van der Waals surface area contributed by atoms with Crippen molar-refractivity contribution < 1.29 is 9.47 Å². The van der Waals surface area contributed by atoms with Crippen molar-refractivity contribution >= 4 is 22.8 Å². The fraction of sp³-hybridized carbons (Fsp3) is 0.577. The zero-order valence-corrected chi connectivity index (χ0v) is 20.6. The van der Waals surface area contributed by atoms with Gasteiger partial charge in [0.2, 0.25) is 5.95 Å². The average molecular weight is 480 g/mol. The molecule has 1 aromatic carbocycles. The molecule has 3 aromatic rings. The molecule has 3 heterocycles. The van der Waals surface area contributed by atoms with E-state index in [0.29, 0.717) is 18.5 Å². The van der Waals surface area contributed by atoms with Crippen LogP contribution in [-0.2, 0) is 17.8 Å². The molecule has 1 saturated carbocycles. The highest BCUT2D eigenvalue weighted by Gasteiger charge is 2.18. The number of hydrogen-bond acceptors (Lipinski definition) is 8. The Bertz CT molecular complexity index is 1120. The van der Waals surface area contributed by atoms with E-state index in [-0.39, 0.29) is 5.95 Å². The first-order chi connectivity index (χ1) is 17.2. The van der Waals surface area contributed by atoms with Crippen LogP contribution in [-0.4, -0.2) is 52.7 Å². The zero-order chi connectivity index (χ0) is 24.0. The Kier molecular flexibility index (Phi) is 7.63. The van der Waals surface area contributed by atoms with Gasteiger partial charge in [-0.2, -0.15) is 10.1 Å². The molecule has 2 aromatic heterocycles. The lowest BCUT2D eigenvalue weighted by molar-refractivity contribution is 0.0776. The van der Waals surface area contributed by atoms with E-state index in [4.69, 9.17) is 15.2 Å². The van der Waals surface area contributed by atoms with Crippen LogP contribution in [0, 0.1) is 5.92 Å². The maximum Gasteiger partial charge on any atom is 0.222 e. The first kappa shape index (κ1) is 23.8. The van der Waals surface area contributed by atoms with Gasteiger partial charge in [0, 0.05) is 37.9 Å². The zero-order valence-electron chi connectivity index (χ0n) is 20.6. The number of anilines is 2. The maximum atomic E-state index is 6.01. The lowest BCUT2D eigenvalue weighted by Crippen LogP contribution is -2.34. The molecule has 188 valence electrons. The maximum absolute atomic E-state index is 6.01. The molecule has 2 fully saturated rings. The molecule has 2 aliphatic rings. The molecule has 9 nitrogen and oxygen atoms in total. The number of nitrogens with zero attached hydrogens (tertiary/aromatic N) is 4. The second-order valence-corrected chi connectivity index (χ2v) is 9.77. The van der Waals surface area contributed by atoms with E-state index in [9.17, 15) is 0 Å². The van der Waals surface area contributed by atoms with E-state index in [1.807, 2.05) is 4.68 Å². The molecule has 4 N–H and O–H groups in total. The van der Waals surface area contributed by atoms with Crippen LogP contribution in [0.15, 0.2) is 24.4 Å². The fourth-order valence-electron chi connectivity index (χ4n) is 5.25. The number of methoxy groups -OCH3 is 1. The fourth-order valence-corrected chi connectivity index (χ4v) is 5.25. The third-order valence-corrected chi connectivity index (χ3v) is 7.28. The SMILES string of the molecule is COc1cc(CNC2CCOCC2)ccc1Cn1ncc2nc(N)nc(NCC3CCCCC3)c21. The van der Waals surface area contributed by atoms with E-state index in [2.05, 4.69) is 43.9 Å². The standard InChI is InChI=1S/C26H37N7O2/c1-34-23-13-19(15-28-21-9-11-35-12-10-21)7-8-20(23)17-33-24-22(16-30-33)31-26(27)32-25(24)29-14-18-5-3-2-4-6-18/h7-8,13,16,18,21,28H,2-6,9-12,14-15,17H2,1H3,(H3,27,29,31,32). The summed E-state index contributed by atoms with van der Waals surface area (Å²) in [5.74, 6) is 2.55. The molecule has 1 saturated heterocycles. The number of aromatic nitrogens is 4.